The van der Waals surface area contributed by atoms with Crippen LogP contribution in [0.4, 0.5) is 0 Å². The molecule has 0 spiro atoms. The zero-order chi connectivity index (χ0) is 10.6. The lowest BCUT2D eigenvalue weighted by atomic mass is 9.98. The molecule has 0 aromatic heterocycles. The van der Waals surface area contributed by atoms with Gasteiger partial charge < -0.3 is 0 Å². The summed E-state index contributed by atoms with van der Waals surface area (Å²) in [5.41, 5.74) is 0. The Morgan fingerprint density at radius 1 is 1.21 bits per heavy atom. The number of rotatable bonds is 3. The van der Waals surface area contributed by atoms with E-state index in [0.717, 1.165) is 31.8 Å². The molecule has 1 saturated heterocycles. The summed E-state index contributed by atoms with van der Waals surface area (Å²) in [5, 5.41) is 0. The summed E-state index contributed by atoms with van der Waals surface area (Å²) in [6.45, 7) is 5.37. The van der Waals surface area contributed by atoms with Crippen LogP contribution in [0, 0.1) is 5.92 Å². The molecule has 0 aliphatic carbocycles. The quantitative estimate of drug-likeness (QED) is 0.726. The molecule has 0 N–H and O–H groups in total. The van der Waals surface area contributed by atoms with E-state index in [9.17, 15) is 8.42 Å². The largest absolute Gasteiger partial charge is 0.213 e. The van der Waals surface area contributed by atoms with Crippen molar-refractivity contribution in [2.45, 2.75) is 39.5 Å². The second kappa shape index (κ2) is 5.12. The van der Waals surface area contributed by atoms with Gasteiger partial charge in [-0.25, -0.2) is 12.7 Å². The Morgan fingerprint density at radius 3 is 2.50 bits per heavy atom. The Balaban J connectivity index is 2.58. The van der Waals surface area contributed by atoms with Crippen LogP contribution in [0.3, 0.4) is 0 Å². The van der Waals surface area contributed by atoms with E-state index in [1.165, 1.54) is 12.8 Å². The van der Waals surface area contributed by atoms with Crippen molar-refractivity contribution in [2.75, 3.05) is 18.8 Å². The predicted molar refractivity (Wildman–Crippen MR) is 58.7 cm³/mol. The van der Waals surface area contributed by atoms with E-state index in [1.807, 2.05) is 0 Å². The number of sulfonamides is 1. The van der Waals surface area contributed by atoms with E-state index in [0.29, 0.717) is 0 Å². The van der Waals surface area contributed by atoms with Gasteiger partial charge in [0.25, 0.3) is 0 Å². The Morgan fingerprint density at radius 2 is 1.93 bits per heavy atom. The smallest absolute Gasteiger partial charge is 0.212 e. The van der Waals surface area contributed by atoms with Crippen molar-refractivity contribution in [1.29, 1.82) is 0 Å². The molecule has 3 nitrogen and oxygen atoms in total. The van der Waals surface area contributed by atoms with Crippen LogP contribution < -0.4 is 0 Å². The van der Waals surface area contributed by atoms with Gasteiger partial charge in [0, 0.05) is 13.1 Å². The molecule has 0 aromatic carbocycles. The van der Waals surface area contributed by atoms with Crippen molar-refractivity contribution in [3.05, 3.63) is 0 Å². The van der Waals surface area contributed by atoms with E-state index < -0.39 is 10.0 Å². The number of hydrogen-bond donors (Lipinski definition) is 0. The summed E-state index contributed by atoms with van der Waals surface area (Å²) in [4.78, 5) is 0. The average Bonchev–Trinajstić information content (AvgIpc) is 2.42. The second-order valence-electron chi connectivity index (χ2n) is 4.00. The lowest BCUT2D eigenvalue weighted by Gasteiger charge is -2.18. The summed E-state index contributed by atoms with van der Waals surface area (Å²) in [7, 11) is -2.94. The van der Waals surface area contributed by atoms with Gasteiger partial charge in [-0.05, 0) is 32.1 Å². The van der Waals surface area contributed by atoms with Crippen molar-refractivity contribution in [2.24, 2.45) is 5.92 Å². The van der Waals surface area contributed by atoms with E-state index in [4.69, 9.17) is 0 Å². The van der Waals surface area contributed by atoms with Crippen LogP contribution in [-0.4, -0.2) is 31.6 Å². The van der Waals surface area contributed by atoms with Crippen LogP contribution in [0.2, 0.25) is 0 Å². The van der Waals surface area contributed by atoms with Crippen molar-refractivity contribution in [3.8, 4) is 0 Å². The average molecular weight is 219 g/mol. The lowest BCUT2D eigenvalue weighted by molar-refractivity contribution is 0.408. The minimum Gasteiger partial charge on any atom is -0.212 e. The van der Waals surface area contributed by atoms with Gasteiger partial charge in [0.05, 0.1) is 5.75 Å². The third-order valence-electron chi connectivity index (χ3n) is 3.14. The molecule has 84 valence electrons. The first-order chi connectivity index (χ1) is 6.60. The Bertz CT molecular complexity index is 261. The molecule has 1 fully saturated rings. The first-order valence-electron chi connectivity index (χ1n) is 5.58. The van der Waals surface area contributed by atoms with Gasteiger partial charge in [0.1, 0.15) is 0 Å². The molecule has 0 radical (unpaired) electrons. The van der Waals surface area contributed by atoms with Crippen molar-refractivity contribution in [3.63, 3.8) is 0 Å². The summed E-state index contributed by atoms with van der Waals surface area (Å²) in [6, 6.07) is 0. The van der Waals surface area contributed by atoms with Crippen LogP contribution in [0.1, 0.15) is 39.5 Å². The van der Waals surface area contributed by atoms with Crippen molar-refractivity contribution < 1.29 is 8.42 Å². The third kappa shape index (κ3) is 2.95. The highest BCUT2D eigenvalue weighted by Crippen LogP contribution is 2.21. The Labute approximate surface area is 87.5 Å². The molecule has 0 aromatic rings. The monoisotopic (exact) mass is 219 g/mol. The second-order valence-corrected chi connectivity index (χ2v) is 6.26. The molecule has 1 atom stereocenters. The molecular formula is C10H21NO2S. The summed E-state index contributed by atoms with van der Waals surface area (Å²) in [5.74, 6) is 0.969. The van der Waals surface area contributed by atoms with Gasteiger partial charge in [-0.2, -0.15) is 0 Å². The minimum atomic E-state index is -2.94. The fourth-order valence-corrected chi connectivity index (χ4v) is 3.16. The van der Waals surface area contributed by atoms with E-state index in [1.54, 1.807) is 11.2 Å². The first kappa shape index (κ1) is 12.0. The van der Waals surface area contributed by atoms with E-state index in [2.05, 4.69) is 6.92 Å². The fraction of sp³-hybridized carbons (Fsp3) is 1.00. The van der Waals surface area contributed by atoms with E-state index >= 15 is 0 Å². The predicted octanol–water partition coefficient (Wildman–Crippen LogP) is 1.85. The SMILES string of the molecule is CCC1CCCN(S(=O)(=O)CC)CC1. The molecule has 0 bridgehead atoms. The van der Waals surface area contributed by atoms with E-state index in [-0.39, 0.29) is 5.75 Å². The molecule has 1 heterocycles. The van der Waals surface area contributed by atoms with Crippen LogP contribution in [0.15, 0.2) is 0 Å². The van der Waals surface area contributed by atoms with Crippen molar-refractivity contribution in [1.82, 2.24) is 4.31 Å². The highest BCUT2D eigenvalue weighted by atomic mass is 32.2. The third-order valence-corrected chi connectivity index (χ3v) is 5.02. The van der Waals surface area contributed by atoms with Gasteiger partial charge in [-0.15, -0.1) is 0 Å². The van der Waals surface area contributed by atoms with Gasteiger partial charge in [0.15, 0.2) is 0 Å². The molecule has 4 heteroatoms. The Hall–Kier alpha value is -0.0900. The molecule has 14 heavy (non-hydrogen) atoms. The molecule has 1 aliphatic rings. The summed E-state index contributed by atoms with van der Waals surface area (Å²) >= 11 is 0. The molecule has 1 rings (SSSR count). The summed E-state index contributed by atoms with van der Waals surface area (Å²) in [6.07, 6.45) is 4.43. The standard InChI is InChI=1S/C10H21NO2S/c1-3-10-6-5-8-11(9-7-10)14(12,13)4-2/h10H,3-9H2,1-2H3. The Kier molecular flexibility index (Phi) is 4.38. The zero-order valence-electron chi connectivity index (χ0n) is 9.20. The van der Waals surface area contributed by atoms with Crippen LogP contribution in [0.25, 0.3) is 0 Å². The lowest BCUT2D eigenvalue weighted by Crippen LogP contribution is -2.33. The number of nitrogens with zero attached hydrogens (tertiary/aromatic N) is 1. The maximum atomic E-state index is 11.6. The molecule has 0 amide bonds. The van der Waals surface area contributed by atoms with Crippen molar-refractivity contribution >= 4 is 10.0 Å². The fourth-order valence-electron chi connectivity index (χ4n) is 2.01. The first-order valence-corrected chi connectivity index (χ1v) is 7.19. The molecule has 1 unspecified atom stereocenters. The van der Waals surface area contributed by atoms with Gasteiger partial charge in [-0.3, -0.25) is 0 Å². The molecular weight excluding hydrogens is 198 g/mol. The molecule has 0 saturated carbocycles. The van der Waals surface area contributed by atoms with Crippen LogP contribution in [-0.2, 0) is 10.0 Å². The topological polar surface area (TPSA) is 37.4 Å². The highest BCUT2D eigenvalue weighted by molar-refractivity contribution is 7.89. The summed E-state index contributed by atoms with van der Waals surface area (Å²) < 4.78 is 24.9. The normalized spacial score (nSPS) is 26.0. The van der Waals surface area contributed by atoms with Gasteiger partial charge in [0.2, 0.25) is 10.0 Å². The zero-order valence-corrected chi connectivity index (χ0v) is 10.0. The van der Waals surface area contributed by atoms with Gasteiger partial charge in [-0.1, -0.05) is 13.3 Å². The van der Waals surface area contributed by atoms with Crippen LogP contribution >= 0.6 is 0 Å². The minimum absolute atomic E-state index is 0.240. The molecule has 1 aliphatic heterocycles. The highest BCUT2D eigenvalue weighted by Gasteiger charge is 2.23. The van der Waals surface area contributed by atoms with Gasteiger partial charge >= 0.3 is 0 Å². The van der Waals surface area contributed by atoms with Crippen LogP contribution in [0.5, 0.6) is 0 Å². The maximum Gasteiger partial charge on any atom is 0.213 e. The number of hydrogen-bond acceptors (Lipinski definition) is 2. The maximum absolute atomic E-state index is 11.6.